The molecule has 2 heterocycles. The van der Waals surface area contributed by atoms with Gasteiger partial charge in [-0.25, -0.2) is 9.97 Å². The van der Waals surface area contributed by atoms with Gasteiger partial charge < -0.3 is 17.7 Å². The van der Waals surface area contributed by atoms with Crippen LogP contribution in [0.15, 0.2) is 73.1 Å². The van der Waals surface area contributed by atoms with Crippen molar-refractivity contribution in [1.82, 2.24) is 15.0 Å². The van der Waals surface area contributed by atoms with Gasteiger partial charge in [0.15, 0.2) is 5.82 Å². The minimum absolute atomic E-state index is 0. The number of alkyl halides is 3. The van der Waals surface area contributed by atoms with E-state index in [1.165, 1.54) is 6.07 Å². The third kappa shape index (κ3) is 4.04. The lowest BCUT2D eigenvalue weighted by molar-refractivity contribution is -0.137. The molecule has 2 aromatic heterocycles. The SMILES string of the molecule is FC(F)(F)c1cccc(Nc2nc(-c3cccnc3)nc3ccccc23)c1.[Cl-]. The van der Waals surface area contributed by atoms with E-state index in [9.17, 15) is 13.2 Å². The molecular weight excluding hydrogens is 389 g/mol. The van der Waals surface area contributed by atoms with Crippen molar-refractivity contribution in [2.24, 2.45) is 0 Å². The van der Waals surface area contributed by atoms with Crippen LogP contribution in [0.2, 0.25) is 0 Å². The van der Waals surface area contributed by atoms with Crippen LogP contribution in [0.25, 0.3) is 22.3 Å². The molecule has 2 aromatic carbocycles. The van der Waals surface area contributed by atoms with E-state index in [0.29, 0.717) is 28.2 Å². The van der Waals surface area contributed by atoms with Crippen molar-refractivity contribution >= 4 is 22.4 Å². The molecule has 4 nitrogen and oxygen atoms in total. The Morgan fingerprint density at radius 3 is 2.43 bits per heavy atom. The number of fused-ring (bicyclic) bond motifs is 1. The number of hydrogen-bond acceptors (Lipinski definition) is 4. The van der Waals surface area contributed by atoms with E-state index in [1.54, 1.807) is 24.5 Å². The molecule has 28 heavy (non-hydrogen) atoms. The molecule has 1 N–H and O–H groups in total. The average molecular weight is 402 g/mol. The summed E-state index contributed by atoms with van der Waals surface area (Å²) < 4.78 is 39.0. The van der Waals surface area contributed by atoms with Gasteiger partial charge in [-0.1, -0.05) is 18.2 Å². The minimum atomic E-state index is -4.41. The lowest BCUT2D eigenvalue weighted by Crippen LogP contribution is -3.00. The number of anilines is 2. The van der Waals surface area contributed by atoms with Gasteiger partial charge >= 0.3 is 6.18 Å². The van der Waals surface area contributed by atoms with Crippen molar-refractivity contribution in [1.29, 1.82) is 0 Å². The monoisotopic (exact) mass is 401 g/mol. The number of halogens is 4. The Bertz CT molecular complexity index is 1100. The maximum Gasteiger partial charge on any atom is 0.416 e. The van der Waals surface area contributed by atoms with Crippen LogP contribution >= 0.6 is 0 Å². The van der Waals surface area contributed by atoms with Crippen LogP contribution in [0.1, 0.15) is 5.56 Å². The quantitative estimate of drug-likeness (QED) is 0.573. The smallest absolute Gasteiger partial charge is 0.416 e. The van der Waals surface area contributed by atoms with E-state index in [2.05, 4.69) is 20.3 Å². The Kier molecular flexibility index (Phi) is 5.46. The second-order valence-electron chi connectivity index (χ2n) is 5.86. The molecule has 0 aliphatic heterocycles. The second kappa shape index (κ2) is 7.82. The van der Waals surface area contributed by atoms with Gasteiger partial charge in [0.25, 0.3) is 0 Å². The molecule has 4 aromatic rings. The minimum Gasteiger partial charge on any atom is -1.00 e. The third-order valence-corrected chi connectivity index (χ3v) is 3.98. The fourth-order valence-electron chi connectivity index (χ4n) is 2.71. The first kappa shape index (κ1) is 19.6. The van der Waals surface area contributed by atoms with Gasteiger partial charge in [0, 0.05) is 29.0 Å². The van der Waals surface area contributed by atoms with Crippen LogP contribution in [-0.2, 0) is 6.18 Å². The zero-order valence-corrected chi connectivity index (χ0v) is 15.0. The zero-order chi connectivity index (χ0) is 18.9. The van der Waals surface area contributed by atoms with Crippen molar-refractivity contribution in [2.75, 3.05) is 5.32 Å². The van der Waals surface area contributed by atoms with Gasteiger partial charge in [-0.3, -0.25) is 4.98 Å². The van der Waals surface area contributed by atoms with Crippen LogP contribution in [0.4, 0.5) is 24.7 Å². The first-order chi connectivity index (χ1) is 13.0. The summed E-state index contributed by atoms with van der Waals surface area (Å²) in [6, 6.07) is 15.9. The first-order valence-corrected chi connectivity index (χ1v) is 8.12. The summed E-state index contributed by atoms with van der Waals surface area (Å²) >= 11 is 0. The number of rotatable bonds is 3. The zero-order valence-electron chi connectivity index (χ0n) is 14.3. The molecule has 8 heteroatoms. The standard InChI is InChI=1S/C20H13F3N4.ClH/c21-20(22,23)14-6-3-7-15(11-14)25-19-16-8-1-2-9-17(16)26-18(27-19)13-5-4-10-24-12-13;/h1-12H,(H,25,26,27);1H/p-1. The normalized spacial score (nSPS) is 11.1. The van der Waals surface area contributed by atoms with Crippen LogP contribution in [0.5, 0.6) is 0 Å². The Hall–Kier alpha value is -3.19. The van der Waals surface area contributed by atoms with Gasteiger partial charge in [-0.05, 0) is 42.5 Å². The summed E-state index contributed by atoms with van der Waals surface area (Å²) in [5, 5.41) is 3.71. The largest absolute Gasteiger partial charge is 1.00 e. The van der Waals surface area contributed by atoms with Crippen molar-refractivity contribution in [3.63, 3.8) is 0 Å². The number of para-hydroxylation sites is 1. The Balaban J connectivity index is 0.00000225. The van der Waals surface area contributed by atoms with E-state index in [1.807, 2.05) is 30.3 Å². The van der Waals surface area contributed by atoms with Crippen molar-refractivity contribution in [3.05, 3.63) is 78.6 Å². The molecule has 0 aliphatic carbocycles. The molecule has 0 saturated carbocycles. The summed E-state index contributed by atoms with van der Waals surface area (Å²) in [6.45, 7) is 0. The van der Waals surface area contributed by atoms with Crippen LogP contribution in [0, 0.1) is 0 Å². The Labute approximate surface area is 164 Å². The van der Waals surface area contributed by atoms with E-state index in [-0.39, 0.29) is 12.4 Å². The number of nitrogens with one attached hydrogen (secondary N) is 1. The third-order valence-electron chi connectivity index (χ3n) is 3.98. The van der Waals surface area contributed by atoms with Gasteiger partial charge in [0.1, 0.15) is 5.82 Å². The predicted molar refractivity (Wildman–Crippen MR) is 97.5 cm³/mol. The second-order valence-corrected chi connectivity index (χ2v) is 5.86. The summed E-state index contributed by atoms with van der Waals surface area (Å²) in [7, 11) is 0. The molecule has 4 rings (SSSR count). The number of nitrogens with zero attached hydrogens (tertiary/aromatic N) is 3. The van der Waals surface area contributed by atoms with Crippen LogP contribution in [0.3, 0.4) is 0 Å². The van der Waals surface area contributed by atoms with Crippen LogP contribution in [-0.4, -0.2) is 15.0 Å². The number of hydrogen-bond donors (Lipinski definition) is 1. The lowest BCUT2D eigenvalue weighted by Gasteiger charge is -2.13. The lowest BCUT2D eigenvalue weighted by atomic mass is 10.1. The average Bonchev–Trinajstić information content (AvgIpc) is 2.68. The molecule has 0 fully saturated rings. The molecule has 0 amide bonds. The van der Waals surface area contributed by atoms with E-state index in [0.717, 1.165) is 17.7 Å². The maximum absolute atomic E-state index is 13.0. The highest BCUT2D eigenvalue weighted by Crippen LogP contribution is 2.32. The van der Waals surface area contributed by atoms with E-state index in [4.69, 9.17) is 0 Å². The van der Waals surface area contributed by atoms with Gasteiger partial charge in [-0.2, -0.15) is 13.2 Å². The van der Waals surface area contributed by atoms with Gasteiger partial charge in [0.2, 0.25) is 0 Å². The Morgan fingerprint density at radius 1 is 0.857 bits per heavy atom. The van der Waals surface area contributed by atoms with Gasteiger partial charge in [0.05, 0.1) is 11.1 Å². The highest BCUT2D eigenvalue weighted by atomic mass is 35.5. The molecule has 0 saturated heterocycles. The van der Waals surface area contributed by atoms with E-state index >= 15 is 0 Å². The highest BCUT2D eigenvalue weighted by Gasteiger charge is 2.30. The van der Waals surface area contributed by atoms with Crippen LogP contribution < -0.4 is 17.7 Å². The molecule has 142 valence electrons. The summed E-state index contributed by atoms with van der Waals surface area (Å²) in [5.41, 5.74) is 0.973. The topological polar surface area (TPSA) is 50.7 Å². The molecule has 0 radical (unpaired) electrons. The number of pyridine rings is 1. The van der Waals surface area contributed by atoms with Gasteiger partial charge in [-0.15, -0.1) is 0 Å². The Morgan fingerprint density at radius 2 is 1.68 bits per heavy atom. The van der Waals surface area contributed by atoms with Crippen molar-refractivity contribution in [3.8, 4) is 11.4 Å². The predicted octanol–water partition coefficient (Wildman–Crippen LogP) is 2.46. The first-order valence-electron chi connectivity index (χ1n) is 8.12. The highest BCUT2D eigenvalue weighted by molar-refractivity contribution is 5.92. The summed E-state index contributed by atoms with van der Waals surface area (Å²) in [5.74, 6) is 0.870. The van der Waals surface area contributed by atoms with Crippen molar-refractivity contribution in [2.45, 2.75) is 6.18 Å². The van der Waals surface area contributed by atoms with Crippen molar-refractivity contribution < 1.29 is 25.6 Å². The molecular formula is C20H13ClF3N4-. The number of benzene rings is 2. The molecule has 0 atom stereocenters. The molecule has 0 bridgehead atoms. The molecule has 0 spiro atoms. The molecule has 0 unspecified atom stereocenters. The summed E-state index contributed by atoms with van der Waals surface area (Å²) in [6.07, 6.45) is -1.13. The summed E-state index contributed by atoms with van der Waals surface area (Å²) in [4.78, 5) is 13.1. The maximum atomic E-state index is 13.0. The van der Waals surface area contributed by atoms with E-state index < -0.39 is 11.7 Å². The molecule has 0 aliphatic rings. The fourth-order valence-corrected chi connectivity index (χ4v) is 2.71. The fraction of sp³-hybridized carbons (Fsp3) is 0.0500. The number of aromatic nitrogens is 3.